The highest BCUT2D eigenvalue weighted by molar-refractivity contribution is 5.86. The molecule has 0 aliphatic carbocycles. The minimum atomic E-state index is -0.0531. The van der Waals surface area contributed by atoms with Crippen LogP contribution in [0.5, 0.6) is 5.75 Å². The van der Waals surface area contributed by atoms with Crippen molar-refractivity contribution in [3.63, 3.8) is 0 Å². The van der Waals surface area contributed by atoms with Gasteiger partial charge in [-0.15, -0.1) is 0 Å². The van der Waals surface area contributed by atoms with Crippen LogP contribution in [-0.4, -0.2) is 63.6 Å². The van der Waals surface area contributed by atoms with Crippen LogP contribution in [0.4, 0.5) is 5.69 Å². The van der Waals surface area contributed by atoms with Crippen LogP contribution in [0.2, 0.25) is 0 Å². The number of benzene rings is 2. The number of hydrogen-bond donors (Lipinski definition) is 2. The fraction of sp³-hybridized carbons (Fsp3) is 0.364. The molecule has 29 heavy (non-hydrogen) atoms. The molecule has 1 saturated heterocycles. The monoisotopic (exact) mass is 395 g/mol. The minimum Gasteiger partial charge on any atom is -0.495 e. The minimum absolute atomic E-state index is 0.0531. The zero-order valence-electron chi connectivity index (χ0n) is 17.1. The fourth-order valence-corrected chi connectivity index (χ4v) is 3.40. The van der Waals surface area contributed by atoms with E-state index in [0.717, 1.165) is 49.1 Å². The summed E-state index contributed by atoms with van der Waals surface area (Å²) >= 11 is 0. The average molecular weight is 396 g/mol. The SMILES string of the molecule is CN=C(NCC(=O)NCc1ccccc1)N1CCN(c2ccccc2OC)CC1. The molecule has 0 bridgehead atoms. The van der Waals surface area contributed by atoms with Crippen molar-refractivity contribution in [1.29, 1.82) is 0 Å². The van der Waals surface area contributed by atoms with Gasteiger partial charge >= 0.3 is 0 Å². The molecule has 3 rings (SSSR count). The van der Waals surface area contributed by atoms with Gasteiger partial charge < -0.3 is 25.2 Å². The summed E-state index contributed by atoms with van der Waals surface area (Å²) in [7, 11) is 3.44. The molecule has 0 spiro atoms. The van der Waals surface area contributed by atoms with E-state index in [1.54, 1.807) is 14.2 Å². The van der Waals surface area contributed by atoms with Gasteiger partial charge in [-0.3, -0.25) is 9.79 Å². The maximum atomic E-state index is 12.2. The van der Waals surface area contributed by atoms with E-state index in [4.69, 9.17) is 4.74 Å². The normalized spacial score (nSPS) is 14.5. The number of guanidine groups is 1. The van der Waals surface area contributed by atoms with Gasteiger partial charge in [0.15, 0.2) is 5.96 Å². The Labute approximate surface area is 172 Å². The molecule has 2 aromatic rings. The largest absolute Gasteiger partial charge is 0.495 e. The number of para-hydroxylation sites is 2. The van der Waals surface area contributed by atoms with E-state index in [9.17, 15) is 4.79 Å². The number of amides is 1. The van der Waals surface area contributed by atoms with E-state index in [0.29, 0.717) is 6.54 Å². The number of rotatable bonds is 6. The first kappa shape index (κ1) is 20.5. The number of hydrogen-bond acceptors (Lipinski definition) is 4. The first-order valence-electron chi connectivity index (χ1n) is 9.85. The molecule has 0 saturated carbocycles. The highest BCUT2D eigenvalue weighted by atomic mass is 16.5. The first-order chi connectivity index (χ1) is 14.2. The molecule has 2 N–H and O–H groups in total. The zero-order chi connectivity index (χ0) is 20.5. The quantitative estimate of drug-likeness (QED) is 0.576. The molecule has 154 valence electrons. The zero-order valence-corrected chi connectivity index (χ0v) is 17.1. The van der Waals surface area contributed by atoms with Crippen LogP contribution < -0.4 is 20.3 Å². The van der Waals surface area contributed by atoms with Crippen molar-refractivity contribution >= 4 is 17.6 Å². The number of nitrogens with one attached hydrogen (secondary N) is 2. The van der Waals surface area contributed by atoms with E-state index in [1.807, 2.05) is 48.5 Å². The Bertz CT molecular complexity index is 817. The lowest BCUT2D eigenvalue weighted by molar-refractivity contribution is -0.120. The standard InChI is InChI=1S/C22H29N5O2/c1-23-22(25-17-21(28)24-16-18-8-4-3-5-9-18)27-14-12-26(13-15-27)19-10-6-7-11-20(19)29-2/h3-11H,12-17H2,1-2H3,(H,23,25)(H,24,28). The number of piperazine rings is 1. The number of carbonyl (C=O) groups excluding carboxylic acids is 1. The Morgan fingerprint density at radius 3 is 2.38 bits per heavy atom. The number of ether oxygens (including phenoxy) is 1. The molecule has 0 radical (unpaired) electrons. The van der Waals surface area contributed by atoms with Crippen LogP contribution in [0.3, 0.4) is 0 Å². The Balaban J connectivity index is 1.46. The molecule has 1 aliphatic heterocycles. The van der Waals surface area contributed by atoms with Crippen LogP contribution in [0, 0.1) is 0 Å². The summed E-state index contributed by atoms with van der Waals surface area (Å²) < 4.78 is 5.48. The topological polar surface area (TPSA) is 69.2 Å². The van der Waals surface area contributed by atoms with E-state index in [1.165, 1.54) is 0 Å². The number of nitrogens with zero attached hydrogens (tertiary/aromatic N) is 3. The number of carbonyl (C=O) groups is 1. The van der Waals surface area contributed by atoms with E-state index in [2.05, 4.69) is 31.5 Å². The summed E-state index contributed by atoms with van der Waals surface area (Å²) in [5.74, 6) is 1.58. The molecule has 7 heteroatoms. The summed E-state index contributed by atoms with van der Waals surface area (Å²) in [4.78, 5) is 21.0. The molecule has 1 heterocycles. The van der Waals surface area contributed by atoms with Crippen molar-refractivity contribution in [2.24, 2.45) is 4.99 Å². The second-order valence-electron chi connectivity index (χ2n) is 6.81. The van der Waals surface area contributed by atoms with Crippen LogP contribution in [0.15, 0.2) is 59.6 Å². The van der Waals surface area contributed by atoms with Crippen molar-refractivity contribution in [2.75, 3.05) is 51.8 Å². The van der Waals surface area contributed by atoms with Gasteiger partial charge in [0, 0.05) is 39.8 Å². The second kappa shape index (κ2) is 10.4. The van der Waals surface area contributed by atoms with Crippen molar-refractivity contribution in [3.8, 4) is 5.75 Å². The summed E-state index contributed by atoms with van der Waals surface area (Å²) in [5, 5.41) is 6.10. The van der Waals surface area contributed by atoms with Crippen LogP contribution in [0.25, 0.3) is 0 Å². The Hall–Kier alpha value is -3.22. The van der Waals surface area contributed by atoms with Crippen LogP contribution in [0.1, 0.15) is 5.56 Å². The number of methoxy groups -OCH3 is 1. The third kappa shape index (κ3) is 5.63. The van der Waals surface area contributed by atoms with Gasteiger partial charge in [-0.1, -0.05) is 42.5 Å². The molecule has 0 aromatic heterocycles. The smallest absolute Gasteiger partial charge is 0.239 e. The number of aliphatic imine (C=N–C) groups is 1. The molecule has 1 aliphatic rings. The molecule has 1 amide bonds. The predicted molar refractivity (Wildman–Crippen MR) is 116 cm³/mol. The van der Waals surface area contributed by atoms with Gasteiger partial charge in [0.25, 0.3) is 0 Å². The lowest BCUT2D eigenvalue weighted by Gasteiger charge is -2.38. The maximum absolute atomic E-state index is 12.2. The van der Waals surface area contributed by atoms with Gasteiger partial charge in [-0.2, -0.15) is 0 Å². The summed E-state index contributed by atoms with van der Waals surface area (Å²) in [6.45, 7) is 4.10. The van der Waals surface area contributed by atoms with Crippen LogP contribution in [-0.2, 0) is 11.3 Å². The average Bonchev–Trinajstić information content (AvgIpc) is 2.79. The van der Waals surface area contributed by atoms with E-state index >= 15 is 0 Å². The highest BCUT2D eigenvalue weighted by Crippen LogP contribution is 2.28. The lowest BCUT2D eigenvalue weighted by atomic mass is 10.2. The Morgan fingerprint density at radius 2 is 1.69 bits per heavy atom. The molecular formula is C22H29N5O2. The molecular weight excluding hydrogens is 366 g/mol. The van der Waals surface area contributed by atoms with Gasteiger partial charge in [0.2, 0.25) is 5.91 Å². The molecule has 7 nitrogen and oxygen atoms in total. The van der Waals surface area contributed by atoms with Gasteiger partial charge in [0.1, 0.15) is 5.75 Å². The van der Waals surface area contributed by atoms with Crippen LogP contribution >= 0.6 is 0 Å². The van der Waals surface area contributed by atoms with Crippen molar-refractivity contribution in [1.82, 2.24) is 15.5 Å². The Kier molecular flexibility index (Phi) is 7.33. The van der Waals surface area contributed by atoms with Gasteiger partial charge in [0.05, 0.1) is 19.3 Å². The van der Waals surface area contributed by atoms with Crippen molar-refractivity contribution in [3.05, 3.63) is 60.2 Å². The van der Waals surface area contributed by atoms with E-state index in [-0.39, 0.29) is 12.5 Å². The van der Waals surface area contributed by atoms with E-state index < -0.39 is 0 Å². The van der Waals surface area contributed by atoms with Crippen molar-refractivity contribution < 1.29 is 9.53 Å². The molecule has 1 fully saturated rings. The summed E-state index contributed by atoms with van der Waals surface area (Å²) in [5.41, 5.74) is 2.19. The number of anilines is 1. The second-order valence-corrected chi connectivity index (χ2v) is 6.81. The molecule has 2 aromatic carbocycles. The fourth-order valence-electron chi connectivity index (χ4n) is 3.40. The Morgan fingerprint density at radius 1 is 1.00 bits per heavy atom. The van der Waals surface area contributed by atoms with Crippen molar-refractivity contribution in [2.45, 2.75) is 6.54 Å². The third-order valence-electron chi connectivity index (χ3n) is 4.96. The van der Waals surface area contributed by atoms with Gasteiger partial charge in [-0.05, 0) is 17.7 Å². The first-order valence-corrected chi connectivity index (χ1v) is 9.85. The van der Waals surface area contributed by atoms with Gasteiger partial charge in [-0.25, -0.2) is 0 Å². The maximum Gasteiger partial charge on any atom is 0.239 e. The molecule has 0 unspecified atom stereocenters. The summed E-state index contributed by atoms with van der Waals surface area (Å²) in [6.07, 6.45) is 0. The lowest BCUT2D eigenvalue weighted by Crippen LogP contribution is -2.53. The summed E-state index contributed by atoms with van der Waals surface area (Å²) in [6, 6.07) is 17.9. The third-order valence-corrected chi connectivity index (χ3v) is 4.96. The highest BCUT2D eigenvalue weighted by Gasteiger charge is 2.21. The molecule has 0 atom stereocenters. The predicted octanol–water partition coefficient (Wildman–Crippen LogP) is 1.71.